The molecule has 256 valence electrons. The average molecular weight is 681 g/mol. The number of carbonyl (C=O) groups is 2. The standard InChI is InChI=1S/C23H34FN8O13P/c1-6-37-18-15-17(29-20(25)30-18)32(9-27-15)19-14(24)16(33)23(45-19,7-28-31-26)8-40-46(36,41-10-38-21(34)43-12(2)3)42-11-39-22(35)44-13(4)5/h9,12-14,16,19,33H,6-8,10-11H2,1-5H3,(H2,25,29,30)/t14-,16+,19-,23-/m1/s1. The van der Waals surface area contributed by atoms with Crippen molar-refractivity contribution in [3.63, 3.8) is 0 Å². The average Bonchev–Trinajstić information content (AvgIpc) is 3.49. The van der Waals surface area contributed by atoms with Gasteiger partial charge in [0.15, 0.2) is 23.6 Å². The zero-order chi connectivity index (χ0) is 34.1. The Kier molecular flexibility index (Phi) is 12.7. The lowest BCUT2D eigenvalue weighted by atomic mass is 9.97. The van der Waals surface area contributed by atoms with Gasteiger partial charge in [0, 0.05) is 4.91 Å². The zero-order valence-corrected chi connectivity index (χ0v) is 26.3. The van der Waals surface area contributed by atoms with Crippen LogP contribution in [0.1, 0.15) is 40.8 Å². The number of hydrogen-bond acceptors (Lipinski definition) is 18. The molecular weight excluding hydrogens is 646 g/mol. The molecule has 3 rings (SSSR count). The minimum atomic E-state index is -4.90. The van der Waals surface area contributed by atoms with Gasteiger partial charge >= 0.3 is 20.1 Å². The van der Waals surface area contributed by atoms with Gasteiger partial charge in [-0.2, -0.15) is 9.97 Å². The van der Waals surface area contributed by atoms with E-state index in [0.29, 0.717) is 0 Å². The lowest BCUT2D eigenvalue weighted by Crippen LogP contribution is -2.48. The van der Waals surface area contributed by atoms with Crippen LogP contribution in [0.25, 0.3) is 21.6 Å². The Morgan fingerprint density at radius 2 is 1.78 bits per heavy atom. The van der Waals surface area contributed by atoms with Gasteiger partial charge in [-0.1, -0.05) is 5.11 Å². The molecule has 21 nitrogen and oxygen atoms in total. The number of rotatable bonds is 16. The first-order chi connectivity index (χ1) is 21.7. The smallest absolute Gasteiger partial charge is 0.476 e. The minimum Gasteiger partial charge on any atom is -0.476 e. The number of imidazole rings is 1. The van der Waals surface area contributed by atoms with Crippen LogP contribution in [0.15, 0.2) is 11.4 Å². The Morgan fingerprint density at radius 1 is 1.17 bits per heavy atom. The summed E-state index contributed by atoms with van der Waals surface area (Å²) in [6.07, 6.45) is -8.38. The van der Waals surface area contributed by atoms with Crippen LogP contribution in [0, 0.1) is 0 Å². The van der Waals surface area contributed by atoms with Crippen molar-refractivity contribution in [1.29, 1.82) is 0 Å². The number of aliphatic hydroxyl groups excluding tert-OH is 1. The second-order valence-corrected chi connectivity index (χ2v) is 11.5. The van der Waals surface area contributed by atoms with E-state index in [4.69, 9.17) is 43.8 Å². The first-order valence-corrected chi connectivity index (χ1v) is 15.0. The second-order valence-electron chi connectivity index (χ2n) is 9.83. The summed E-state index contributed by atoms with van der Waals surface area (Å²) in [7, 11) is -4.90. The highest BCUT2D eigenvalue weighted by atomic mass is 31.2. The molecule has 4 atom stereocenters. The first kappa shape index (κ1) is 36.4. The summed E-state index contributed by atoms with van der Waals surface area (Å²) in [6.45, 7) is 4.19. The Bertz CT molecular complexity index is 1430. The molecule has 46 heavy (non-hydrogen) atoms. The number of nitrogen functional groups attached to an aromatic ring is 1. The molecule has 0 amide bonds. The van der Waals surface area contributed by atoms with Gasteiger partial charge in [0.2, 0.25) is 25.4 Å². The number of anilines is 1. The van der Waals surface area contributed by atoms with Gasteiger partial charge in [0.05, 0.1) is 38.3 Å². The summed E-state index contributed by atoms with van der Waals surface area (Å²) in [6, 6.07) is 0. The van der Waals surface area contributed by atoms with E-state index in [2.05, 4.69) is 34.5 Å². The lowest BCUT2D eigenvalue weighted by Gasteiger charge is -2.31. The van der Waals surface area contributed by atoms with Gasteiger partial charge in [0.1, 0.15) is 11.7 Å². The van der Waals surface area contributed by atoms with Crippen LogP contribution >= 0.6 is 7.82 Å². The van der Waals surface area contributed by atoms with E-state index in [1.165, 1.54) is 0 Å². The highest BCUT2D eigenvalue weighted by Crippen LogP contribution is 2.52. The number of fused-ring (bicyclic) bond motifs is 1. The summed E-state index contributed by atoms with van der Waals surface area (Å²) in [5.41, 5.74) is 12.6. The second kappa shape index (κ2) is 16.0. The molecule has 0 aliphatic carbocycles. The first-order valence-electron chi connectivity index (χ1n) is 13.6. The predicted octanol–water partition coefficient (Wildman–Crippen LogP) is 3.28. The number of nitrogens with zero attached hydrogens (tertiary/aromatic N) is 7. The molecule has 0 aromatic carbocycles. The van der Waals surface area contributed by atoms with E-state index in [-0.39, 0.29) is 29.6 Å². The molecule has 2 aromatic rings. The van der Waals surface area contributed by atoms with Crippen molar-refractivity contribution in [3.8, 4) is 5.88 Å². The van der Waals surface area contributed by atoms with Crippen LogP contribution in [0.5, 0.6) is 5.88 Å². The molecule has 2 aromatic heterocycles. The number of ether oxygens (including phenoxy) is 6. The molecule has 1 aliphatic rings. The fourth-order valence-electron chi connectivity index (χ4n) is 3.84. The number of alkyl halides is 1. The number of halogens is 1. The minimum absolute atomic E-state index is 0.00982. The summed E-state index contributed by atoms with van der Waals surface area (Å²) in [5, 5.41) is 14.4. The van der Waals surface area contributed by atoms with Crippen LogP contribution in [0.4, 0.5) is 19.9 Å². The summed E-state index contributed by atoms with van der Waals surface area (Å²) in [4.78, 5) is 38.2. The van der Waals surface area contributed by atoms with E-state index >= 15 is 4.39 Å². The predicted molar refractivity (Wildman–Crippen MR) is 150 cm³/mol. The molecule has 3 N–H and O–H groups in total. The van der Waals surface area contributed by atoms with Crippen molar-refractivity contribution in [3.05, 3.63) is 16.8 Å². The third kappa shape index (κ3) is 9.25. The van der Waals surface area contributed by atoms with Crippen molar-refractivity contribution in [2.75, 3.05) is 39.1 Å². The number of nitrogens with two attached hydrogens (primary N) is 1. The number of hydrogen-bond donors (Lipinski definition) is 2. The summed E-state index contributed by atoms with van der Waals surface area (Å²) in [5.74, 6) is -0.222. The highest BCUT2D eigenvalue weighted by molar-refractivity contribution is 7.48. The van der Waals surface area contributed by atoms with Gasteiger partial charge in [-0.3, -0.25) is 9.09 Å². The SMILES string of the molecule is CCOc1nc(N)nc2c1ncn2[C@@H]1O[C@](CN=[N+]=[N-])(COP(=O)(OCOC(=O)OC(C)C)OCOC(=O)OC(C)C)[C@@H](O)[C@H]1F. The number of aromatic nitrogens is 4. The Morgan fingerprint density at radius 3 is 2.33 bits per heavy atom. The maximum Gasteiger partial charge on any atom is 0.510 e. The van der Waals surface area contributed by atoms with Crippen LogP contribution in [0.3, 0.4) is 0 Å². The number of azide groups is 1. The lowest BCUT2D eigenvalue weighted by molar-refractivity contribution is -0.124. The van der Waals surface area contributed by atoms with Crippen LogP contribution in [-0.2, 0) is 41.8 Å². The Labute approximate surface area is 260 Å². The van der Waals surface area contributed by atoms with Gasteiger partial charge in [-0.05, 0) is 40.1 Å². The fourth-order valence-corrected chi connectivity index (χ4v) is 4.80. The number of phosphoric ester groups is 1. The maximum atomic E-state index is 15.8. The van der Waals surface area contributed by atoms with E-state index in [0.717, 1.165) is 10.9 Å². The van der Waals surface area contributed by atoms with Crippen molar-refractivity contribution in [2.45, 2.75) is 70.9 Å². The number of aliphatic hydroxyl groups is 1. The Hall–Kier alpha value is -4.04. The Balaban J connectivity index is 1.86. The van der Waals surface area contributed by atoms with Crippen molar-refractivity contribution >= 4 is 37.2 Å². The van der Waals surface area contributed by atoms with E-state index < -0.39 is 83.2 Å². The molecule has 0 spiro atoms. The topological polar surface area (TPSA) is 273 Å². The molecule has 3 heterocycles. The number of carbonyl (C=O) groups excluding carboxylic acids is 2. The third-order valence-electron chi connectivity index (χ3n) is 5.74. The van der Waals surface area contributed by atoms with Crippen LogP contribution < -0.4 is 10.5 Å². The van der Waals surface area contributed by atoms with Crippen LogP contribution in [-0.4, -0.2) is 100 Å². The maximum absolute atomic E-state index is 15.8. The quantitative estimate of drug-likeness (QED) is 0.0642. The third-order valence-corrected chi connectivity index (χ3v) is 7.03. The largest absolute Gasteiger partial charge is 0.510 e. The molecule has 1 aliphatic heterocycles. The van der Waals surface area contributed by atoms with E-state index in [9.17, 15) is 19.3 Å². The highest BCUT2D eigenvalue weighted by Gasteiger charge is 2.57. The summed E-state index contributed by atoms with van der Waals surface area (Å²) < 4.78 is 75.8. The molecule has 0 unspecified atom stereocenters. The number of phosphoric acid groups is 1. The molecule has 1 fully saturated rings. The van der Waals surface area contributed by atoms with Crippen molar-refractivity contribution in [1.82, 2.24) is 19.5 Å². The molecule has 0 saturated carbocycles. The molecule has 23 heteroatoms. The molecule has 0 radical (unpaired) electrons. The van der Waals surface area contributed by atoms with Crippen molar-refractivity contribution in [2.24, 2.45) is 5.11 Å². The van der Waals surface area contributed by atoms with Gasteiger partial charge in [-0.25, -0.2) is 32.6 Å². The molecule has 0 bridgehead atoms. The van der Waals surface area contributed by atoms with Gasteiger partial charge in [-0.15, -0.1) is 0 Å². The molecular formula is C23H34FN8O13P. The van der Waals surface area contributed by atoms with Crippen molar-refractivity contribution < 1.29 is 65.6 Å². The zero-order valence-electron chi connectivity index (χ0n) is 25.4. The summed E-state index contributed by atoms with van der Waals surface area (Å²) >= 11 is 0. The van der Waals surface area contributed by atoms with E-state index in [1.54, 1.807) is 34.6 Å². The van der Waals surface area contributed by atoms with E-state index in [1.807, 2.05) is 0 Å². The monoisotopic (exact) mass is 680 g/mol. The van der Waals surface area contributed by atoms with Gasteiger partial charge < -0.3 is 39.3 Å². The fraction of sp³-hybridized carbons (Fsp3) is 0.696. The molecule has 1 saturated heterocycles. The van der Waals surface area contributed by atoms with Crippen LogP contribution in [0.2, 0.25) is 0 Å². The normalized spacial score (nSPS) is 21.3. The van der Waals surface area contributed by atoms with Gasteiger partial charge in [0.25, 0.3) is 0 Å².